The summed E-state index contributed by atoms with van der Waals surface area (Å²) >= 11 is 0. The third-order valence-corrected chi connectivity index (χ3v) is 3.20. The van der Waals surface area contributed by atoms with E-state index in [2.05, 4.69) is 4.74 Å². The second-order valence-electron chi connectivity index (χ2n) is 4.88. The Labute approximate surface area is 128 Å². The van der Waals surface area contributed by atoms with Crippen molar-refractivity contribution in [2.75, 3.05) is 6.61 Å². The first kappa shape index (κ1) is 19.1. The molecule has 0 N–H and O–H groups in total. The van der Waals surface area contributed by atoms with Crippen molar-refractivity contribution in [2.24, 2.45) is 11.8 Å². The van der Waals surface area contributed by atoms with Gasteiger partial charge in [0.05, 0.1) is 36.5 Å². The molecule has 0 saturated carbocycles. The highest BCUT2D eigenvalue weighted by Crippen LogP contribution is 2.42. The molecule has 0 amide bonds. The van der Waals surface area contributed by atoms with Crippen molar-refractivity contribution in [3.8, 4) is 6.07 Å². The van der Waals surface area contributed by atoms with Crippen molar-refractivity contribution < 1.29 is 35.9 Å². The zero-order valence-electron chi connectivity index (χ0n) is 12.0. The van der Waals surface area contributed by atoms with Gasteiger partial charge in [-0.2, -0.15) is 31.6 Å². The van der Waals surface area contributed by atoms with Crippen LogP contribution in [0.25, 0.3) is 0 Å². The Kier molecular flexibility index (Phi) is 5.86. The third-order valence-electron chi connectivity index (χ3n) is 3.20. The maximum absolute atomic E-state index is 12.8. The molecule has 0 aromatic carbocycles. The number of carbonyl (C=O) groups excluding carboxylic acids is 1. The van der Waals surface area contributed by atoms with E-state index >= 15 is 0 Å². The van der Waals surface area contributed by atoms with Crippen LogP contribution < -0.4 is 0 Å². The van der Waals surface area contributed by atoms with E-state index in [0.29, 0.717) is 6.08 Å². The quantitative estimate of drug-likeness (QED) is 0.572. The topological polar surface area (TPSA) is 50.1 Å². The fraction of sp³-hybridized carbons (Fsp3) is 0.571. The van der Waals surface area contributed by atoms with Crippen molar-refractivity contribution in [1.29, 1.82) is 5.26 Å². The van der Waals surface area contributed by atoms with Crippen LogP contribution in [0.2, 0.25) is 0 Å². The van der Waals surface area contributed by atoms with Crippen molar-refractivity contribution in [1.82, 2.24) is 0 Å². The molecule has 0 heterocycles. The molecule has 0 radical (unpaired) electrons. The van der Waals surface area contributed by atoms with Crippen LogP contribution in [-0.2, 0) is 9.53 Å². The lowest BCUT2D eigenvalue weighted by molar-refractivity contribution is -0.162. The van der Waals surface area contributed by atoms with Gasteiger partial charge in [-0.3, -0.25) is 4.79 Å². The van der Waals surface area contributed by atoms with Crippen molar-refractivity contribution in [3.63, 3.8) is 0 Å². The number of carbonyl (C=O) groups is 1. The number of rotatable bonds is 4. The van der Waals surface area contributed by atoms with Gasteiger partial charge in [-0.15, -0.1) is 0 Å². The molecule has 1 rings (SSSR count). The van der Waals surface area contributed by atoms with Crippen LogP contribution in [0.15, 0.2) is 23.3 Å². The minimum atomic E-state index is -4.97. The molecule has 1 aliphatic carbocycles. The highest BCUT2D eigenvalue weighted by Gasteiger charge is 2.45. The summed E-state index contributed by atoms with van der Waals surface area (Å²) in [6.07, 6.45) is -10.6. The van der Waals surface area contributed by atoms with Gasteiger partial charge in [0.15, 0.2) is 0 Å². The van der Waals surface area contributed by atoms with Gasteiger partial charge in [0.2, 0.25) is 0 Å². The maximum Gasteiger partial charge on any atom is 0.416 e. The fourth-order valence-corrected chi connectivity index (χ4v) is 2.11. The first-order chi connectivity index (χ1) is 10.5. The van der Waals surface area contributed by atoms with E-state index in [-0.39, 0.29) is 18.3 Å². The molecular weight excluding hydrogens is 328 g/mol. The number of allylic oxidation sites excluding steroid dienone is 4. The summed E-state index contributed by atoms with van der Waals surface area (Å²) in [6.45, 7) is 1.48. The van der Waals surface area contributed by atoms with Crippen LogP contribution in [0.5, 0.6) is 0 Å². The maximum atomic E-state index is 12.8. The van der Waals surface area contributed by atoms with Gasteiger partial charge in [-0.05, 0) is 19.4 Å². The summed E-state index contributed by atoms with van der Waals surface area (Å²) in [5.41, 5.74) is -1.84. The number of hydrogen-bond donors (Lipinski definition) is 0. The Morgan fingerprint density at radius 1 is 1.39 bits per heavy atom. The first-order valence-corrected chi connectivity index (χ1v) is 6.60. The van der Waals surface area contributed by atoms with Gasteiger partial charge in [0.1, 0.15) is 0 Å². The Morgan fingerprint density at radius 3 is 2.43 bits per heavy atom. The van der Waals surface area contributed by atoms with Crippen LogP contribution in [0, 0.1) is 23.2 Å². The Hall–Kier alpha value is -1.98. The molecule has 0 aliphatic heterocycles. The monoisotopic (exact) mass is 341 g/mol. The zero-order valence-corrected chi connectivity index (χ0v) is 12.0. The molecular formula is C14H13F6NO2. The van der Waals surface area contributed by atoms with Crippen LogP contribution >= 0.6 is 0 Å². The van der Waals surface area contributed by atoms with E-state index in [1.54, 1.807) is 6.07 Å². The van der Waals surface area contributed by atoms with Gasteiger partial charge < -0.3 is 4.74 Å². The fourth-order valence-electron chi connectivity index (χ4n) is 2.11. The molecule has 128 valence electrons. The Balaban J connectivity index is 3.13. The van der Waals surface area contributed by atoms with Gasteiger partial charge in [-0.1, -0.05) is 11.6 Å². The number of hydrogen-bond acceptors (Lipinski definition) is 3. The molecule has 0 saturated heterocycles. The lowest BCUT2D eigenvalue weighted by atomic mass is 9.82. The summed E-state index contributed by atoms with van der Waals surface area (Å²) in [7, 11) is 0. The molecule has 3 nitrogen and oxygen atoms in total. The molecule has 0 fully saturated rings. The lowest BCUT2D eigenvalue weighted by Gasteiger charge is -2.26. The molecule has 2 unspecified atom stereocenters. The molecule has 1 aliphatic rings. The van der Waals surface area contributed by atoms with Gasteiger partial charge in [0, 0.05) is 0 Å². The first-order valence-electron chi connectivity index (χ1n) is 6.60. The van der Waals surface area contributed by atoms with Crippen molar-refractivity contribution >= 4 is 5.97 Å². The second kappa shape index (κ2) is 7.06. The smallest absolute Gasteiger partial charge is 0.416 e. The summed E-state index contributed by atoms with van der Waals surface area (Å²) in [6, 6.07) is 1.57. The van der Waals surface area contributed by atoms with Crippen LogP contribution in [0.3, 0.4) is 0 Å². The summed E-state index contributed by atoms with van der Waals surface area (Å²) in [5, 5.41) is 8.99. The van der Waals surface area contributed by atoms with E-state index < -0.39 is 48.6 Å². The normalized spacial score (nSPS) is 20.2. The second-order valence-corrected chi connectivity index (χ2v) is 4.88. The van der Waals surface area contributed by atoms with Crippen molar-refractivity contribution in [2.45, 2.75) is 32.1 Å². The average molecular weight is 341 g/mol. The highest BCUT2D eigenvalue weighted by atomic mass is 19.4. The summed E-state index contributed by atoms with van der Waals surface area (Å²) < 4.78 is 81.3. The molecule has 0 bridgehead atoms. The average Bonchev–Trinajstić information content (AvgIpc) is 2.42. The molecule has 23 heavy (non-hydrogen) atoms. The Morgan fingerprint density at radius 2 is 2.00 bits per heavy atom. The van der Waals surface area contributed by atoms with Crippen LogP contribution in [0.4, 0.5) is 26.3 Å². The predicted octanol–water partition coefficient (Wildman–Crippen LogP) is 4.08. The van der Waals surface area contributed by atoms with Crippen LogP contribution in [-0.4, -0.2) is 24.9 Å². The molecule has 2 atom stereocenters. The van der Waals surface area contributed by atoms with Gasteiger partial charge in [-0.25, -0.2) is 0 Å². The predicted molar refractivity (Wildman–Crippen MR) is 66.7 cm³/mol. The van der Waals surface area contributed by atoms with Crippen molar-refractivity contribution in [3.05, 3.63) is 23.3 Å². The number of esters is 1. The van der Waals surface area contributed by atoms with E-state index in [1.165, 1.54) is 6.92 Å². The minimum absolute atomic E-state index is 0.00505. The van der Waals surface area contributed by atoms with E-state index in [1.807, 2.05) is 0 Å². The number of nitriles is 1. The van der Waals surface area contributed by atoms with Gasteiger partial charge in [0.25, 0.3) is 0 Å². The SMILES string of the molecule is CCOC(=O)CC(C#N)C1=CC(C(F)(F)F)=CC(C(F)(F)F)C1. The standard InChI is InChI=1S/C14H13F6NO2/c1-2-23-12(22)5-9(7-21)8-3-10(13(15,16)17)6-11(4-8)14(18,19)20/h3,6,9,11H,2,4-5H2,1H3. The Bertz CT molecular complexity index is 553. The minimum Gasteiger partial charge on any atom is -0.466 e. The summed E-state index contributed by atoms with van der Waals surface area (Å²) in [4.78, 5) is 11.4. The van der Waals surface area contributed by atoms with E-state index in [0.717, 1.165) is 0 Å². The molecule has 0 spiro atoms. The van der Waals surface area contributed by atoms with E-state index in [9.17, 15) is 31.1 Å². The van der Waals surface area contributed by atoms with Gasteiger partial charge >= 0.3 is 18.3 Å². The molecule has 9 heteroatoms. The molecule has 0 aromatic heterocycles. The number of nitrogens with zero attached hydrogens (tertiary/aromatic N) is 1. The lowest BCUT2D eigenvalue weighted by Crippen LogP contribution is -2.28. The summed E-state index contributed by atoms with van der Waals surface area (Å²) in [5.74, 6) is -4.60. The largest absolute Gasteiger partial charge is 0.466 e. The van der Waals surface area contributed by atoms with Crippen LogP contribution in [0.1, 0.15) is 19.8 Å². The third kappa shape index (κ3) is 5.30. The number of alkyl halides is 6. The molecule has 0 aromatic rings. The zero-order chi connectivity index (χ0) is 17.8. The number of halogens is 6. The number of ether oxygens (including phenoxy) is 1. The van der Waals surface area contributed by atoms with E-state index in [4.69, 9.17) is 5.26 Å². The highest BCUT2D eigenvalue weighted by molar-refractivity contribution is 5.70.